The number of rotatable bonds is 13. The van der Waals surface area contributed by atoms with Gasteiger partial charge in [-0.15, -0.1) is 0 Å². The van der Waals surface area contributed by atoms with Crippen LogP contribution in [-0.2, 0) is 24.1 Å². The molecule has 0 saturated heterocycles. The number of nitrogens with zero attached hydrogens (tertiary/aromatic N) is 1. The van der Waals surface area contributed by atoms with Gasteiger partial charge in [0.15, 0.2) is 0 Å². The van der Waals surface area contributed by atoms with Gasteiger partial charge in [-0.2, -0.15) is 0 Å². The third kappa shape index (κ3) is 8.10. The topological polar surface area (TPSA) is 71.3 Å². The highest BCUT2D eigenvalue weighted by molar-refractivity contribution is 6.03. The van der Waals surface area contributed by atoms with Gasteiger partial charge in [0, 0.05) is 29.3 Å². The van der Waals surface area contributed by atoms with Crippen molar-refractivity contribution in [3.8, 4) is 0 Å². The first kappa shape index (κ1) is 31.8. The number of carboxylic acids is 1. The third-order valence-electron chi connectivity index (χ3n) is 8.21. The molecule has 1 aromatic heterocycles. The molecule has 232 valence electrons. The Morgan fingerprint density at radius 1 is 0.733 bits per heavy atom. The smallest absolute Gasteiger partial charge is 0.303 e. The Balaban J connectivity index is 1.39. The SMILES string of the molecule is CC(C)Cc1ccc(C(Nc2ccc(C(=O)n3cc(CCCC(=O)O)c4ccccc43)cc2)c2ccc(CC(C)C)cc2)cc1. The van der Waals surface area contributed by atoms with E-state index in [1.807, 2.05) is 54.7 Å². The average molecular weight is 601 g/mol. The van der Waals surface area contributed by atoms with Gasteiger partial charge < -0.3 is 10.4 Å². The van der Waals surface area contributed by atoms with E-state index < -0.39 is 5.97 Å². The molecule has 5 nitrogen and oxygen atoms in total. The number of carbonyl (C=O) groups excluding carboxylic acids is 1. The fourth-order valence-electron chi connectivity index (χ4n) is 6.06. The van der Waals surface area contributed by atoms with Crippen molar-refractivity contribution in [2.24, 2.45) is 11.8 Å². The second kappa shape index (κ2) is 14.4. The summed E-state index contributed by atoms with van der Waals surface area (Å²) < 4.78 is 1.69. The lowest BCUT2D eigenvalue weighted by Gasteiger charge is -2.22. The lowest BCUT2D eigenvalue weighted by atomic mass is 9.93. The maximum absolute atomic E-state index is 13.7. The lowest BCUT2D eigenvalue weighted by Crippen LogP contribution is -2.14. The molecule has 0 bridgehead atoms. The van der Waals surface area contributed by atoms with Crippen LogP contribution >= 0.6 is 0 Å². The molecule has 0 aliphatic heterocycles. The molecule has 0 radical (unpaired) electrons. The van der Waals surface area contributed by atoms with E-state index in [4.69, 9.17) is 5.11 Å². The maximum atomic E-state index is 13.7. The van der Waals surface area contributed by atoms with Gasteiger partial charge >= 0.3 is 5.97 Å². The first-order valence-electron chi connectivity index (χ1n) is 16.1. The summed E-state index contributed by atoms with van der Waals surface area (Å²) in [6.07, 6.45) is 5.21. The van der Waals surface area contributed by atoms with Crippen LogP contribution in [0.2, 0.25) is 0 Å². The van der Waals surface area contributed by atoms with Crippen LogP contribution in [0.25, 0.3) is 10.9 Å². The second-order valence-electron chi connectivity index (χ2n) is 12.9. The highest BCUT2D eigenvalue weighted by Crippen LogP contribution is 2.29. The van der Waals surface area contributed by atoms with Gasteiger partial charge in [0.05, 0.1) is 11.6 Å². The first-order chi connectivity index (χ1) is 21.7. The molecule has 0 amide bonds. The van der Waals surface area contributed by atoms with Crippen molar-refractivity contribution < 1.29 is 14.7 Å². The number of aromatic nitrogens is 1. The Bertz CT molecular complexity index is 1680. The molecule has 2 N–H and O–H groups in total. The van der Waals surface area contributed by atoms with Crippen LogP contribution in [0.15, 0.2) is 103 Å². The number of carboxylic acid groups (broad SMARTS) is 1. The Labute approximate surface area is 266 Å². The molecule has 0 aliphatic rings. The molecule has 0 atom stereocenters. The van der Waals surface area contributed by atoms with E-state index in [1.54, 1.807) is 4.57 Å². The summed E-state index contributed by atoms with van der Waals surface area (Å²) in [5.41, 5.74) is 8.39. The third-order valence-corrected chi connectivity index (χ3v) is 8.21. The van der Waals surface area contributed by atoms with Crippen LogP contribution in [0.3, 0.4) is 0 Å². The van der Waals surface area contributed by atoms with Crippen molar-refractivity contribution in [2.75, 3.05) is 5.32 Å². The van der Waals surface area contributed by atoms with E-state index in [0.29, 0.717) is 30.2 Å². The molecular formula is C40H44N2O3. The van der Waals surface area contributed by atoms with Crippen molar-refractivity contribution in [3.63, 3.8) is 0 Å². The van der Waals surface area contributed by atoms with E-state index in [1.165, 1.54) is 22.3 Å². The van der Waals surface area contributed by atoms with Gasteiger partial charge in [0.2, 0.25) is 0 Å². The van der Waals surface area contributed by atoms with Crippen LogP contribution in [0.1, 0.15) is 84.8 Å². The highest BCUT2D eigenvalue weighted by atomic mass is 16.4. The van der Waals surface area contributed by atoms with Crippen LogP contribution in [0, 0.1) is 11.8 Å². The first-order valence-corrected chi connectivity index (χ1v) is 16.1. The van der Waals surface area contributed by atoms with Gasteiger partial charge in [0.25, 0.3) is 5.91 Å². The zero-order chi connectivity index (χ0) is 31.9. The summed E-state index contributed by atoms with van der Waals surface area (Å²) in [6.45, 7) is 8.97. The predicted octanol–water partition coefficient (Wildman–Crippen LogP) is 9.34. The Morgan fingerprint density at radius 3 is 1.82 bits per heavy atom. The number of nitrogens with one attached hydrogen (secondary N) is 1. The van der Waals surface area contributed by atoms with Gasteiger partial charge in [-0.05, 0) is 95.7 Å². The lowest BCUT2D eigenvalue weighted by molar-refractivity contribution is -0.137. The van der Waals surface area contributed by atoms with Crippen molar-refractivity contribution >= 4 is 28.5 Å². The molecule has 5 aromatic rings. The second-order valence-corrected chi connectivity index (χ2v) is 12.9. The number of hydrogen-bond acceptors (Lipinski definition) is 3. The minimum Gasteiger partial charge on any atom is -0.481 e. The van der Waals surface area contributed by atoms with E-state index in [2.05, 4.69) is 81.5 Å². The van der Waals surface area contributed by atoms with E-state index in [0.717, 1.165) is 35.0 Å². The number of fused-ring (bicyclic) bond motifs is 1. The van der Waals surface area contributed by atoms with Crippen LogP contribution in [0.5, 0.6) is 0 Å². The quantitative estimate of drug-likeness (QED) is 0.141. The fraction of sp³-hybridized carbons (Fsp3) is 0.300. The number of aliphatic carboxylic acids is 1. The fourth-order valence-corrected chi connectivity index (χ4v) is 6.06. The van der Waals surface area contributed by atoms with Crippen molar-refractivity contribution in [3.05, 3.63) is 137 Å². The summed E-state index contributed by atoms with van der Waals surface area (Å²) >= 11 is 0. The molecule has 0 saturated carbocycles. The Morgan fingerprint density at radius 2 is 1.29 bits per heavy atom. The zero-order valence-electron chi connectivity index (χ0n) is 26.8. The monoisotopic (exact) mass is 600 g/mol. The van der Waals surface area contributed by atoms with Crippen LogP contribution < -0.4 is 5.32 Å². The molecule has 4 aromatic carbocycles. The average Bonchev–Trinajstić information content (AvgIpc) is 3.38. The molecule has 5 heteroatoms. The molecule has 45 heavy (non-hydrogen) atoms. The van der Waals surface area contributed by atoms with Gasteiger partial charge in [-0.1, -0.05) is 94.4 Å². The normalized spacial score (nSPS) is 11.5. The van der Waals surface area contributed by atoms with Gasteiger partial charge in [-0.25, -0.2) is 0 Å². The molecule has 1 heterocycles. The minimum atomic E-state index is -0.808. The van der Waals surface area contributed by atoms with Gasteiger partial charge in [-0.3, -0.25) is 14.2 Å². The van der Waals surface area contributed by atoms with Gasteiger partial charge in [0.1, 0.15) is 0 Å². The van der Waals surface area contributed by atoms with E-state index >= 15 is 0 Å². The summed E-state index contributed by atoms with van der Waals surface area (Å²) in [6, 6.07) is 33.3. The minimum absolute atomic E-state index is 0.0468. The number of aryl methyl sites for hydroxylation is 1. The highest BCUT2D eigenvalue weighted by Gasteiger charge is 2.18. The maximum Gasteiger partial charge on any atom is 0.303 e. The largest absolute Gasteiger partial charge is 0.481 e. The Hall–Kier alpha value is -4.64. The molecule has 0 fully saturated rings. The number of anilines is 1. The Kier molecular flexibility index (Phi) is 10.2. The van der Waals surface area contributed by atoms with Crippen molar-refractivity contribution in [1.82, 2.24) is 4.57 Å². The molecule has 0 unspecified atom stereocenters. The molecule has 5 rings (SSSR count). The molecule has 0 aliphatic carbocycles. The predicted molar refractivity (Wildman–Crippen MR) is 184 cm³/mol. The standard InChI is InChI=1S/C40H44N2O3/c1-27(2)24-29-12-16-31(17-13-29)39(32-18-14-30(15-19-32)25-28(3)4)41-35-22-20-33(21-23-35)40(45)42-26-34(8-7-11-38(43)44)36-9-5-6-10-37(36)42/h5-6,9-10,12-23,26-28,39,41H,7-8,11,24-25H2,1-4H3,(H,43,44). The van der Waals surface area contributed by atoms with Crippen molar-refractivity contribution in [1.29, 1.82) is 0 Å². The summed E-state index contributed by atoms with van der Waals surface area (Å²) in [7, 11) is 0. The molecular weight excluding hydrogens is 556 g/mol. The summed E-state index contributed by atoms with van der Waals surface area (Å²) in [5.74, 6) is 0.289. The summed E-state index contributed by atoms with van der Waals surface area (Å²) in [5, 5.41) is 13.8. The number of para-hydroxylation sites is 1. The summed E-state index contributed by atoms with van der Waals surface area (Å²) in [4.78, 5) is 24.7. The van der Waals surface area contributed by atoms with E-state index in [-0.39, 0.29) is 18.4 Å². The van der Waals surface area contributed by atoms with E-state index in [9.17, 15) is 9.59 Å². The van der Waals surface area contributed by atoms with Crippen LogP contribution in [0.4, 0.5) is 5.69 Å². The zero-order valence-corrected chi connectivity index (χ0v) is 26.8. The van der Waals surface area contributed by atoms with Crippen LogP contribution in [-0.4, -0.2) is 21.6 Å². The van der Waals surface area contributed by atoms with Crippen molar-refractivity contribution in [2.45, 2.75) is 65.8 Å². The molecule has 0 spiro atoms. The number of hydrogen-bond donors (Lipinski definition) is 2. The number of carbonyl (C=O) groups is 2. The number of benzene rings is 4.